The van der Waals surface area contributed by atoms with Crippen LogP contribution in [-0.4, -0.2) is 13.1 Å². The molecule has 0 spiro atoms. The molecule has 0 fully saturated rings. The molecule has 19 heavy (non-hydrogen) atoms. The SMILES string of the molecule is COC(=O)c1ccc(Oc2cccc(CN)c2)cc1. The van der Waals surface area contributed by atoms with E-state index in [1.54, 1.807) is 24.3 Å². The second-order valence-electron chi connectivity index (χ2n) is 3.97. The first-order chi connectivity index (χ1) is 9.22. The predicted octanol–water partition coefficient (Wildman–Crippen LogP) is 2.72. The number of ether oxygens (including phenoxy) is 2. The van der Waals surface area contributed by atoms with Crippen molar-refractivity contribution >= 4 is 5.97 Å². The van der Waals surface area contributed by atoms with Crippen LogP contribution < -0.4 is 10.5 Å². The minimum Gasteiger partial charge on any atom is -0.465 e. The first-order valence-electron chi connectivity index (χ1n) is 5.88. The van der Waals surface area contributed by atoms with Gasteiger partial charge < -0.3 is 15.2 Å². The largest absolute Gasteiger partial charge is 0.465 e. The summed E-state index contributed by atoms with van der Waals surface area (Å²) in [6.45, 7) is 0.471. The van der Waals surface area contributed by atoms with Crippen LogP contribution in [0.3, 0.4) is 0 Å². The Hall–Kier alpha value is -2.33. The van der Waals surface area contributed by atoms with Crippen LogP contribution in [-0.2, 0) is 11.3 Å². The third kappa shape index (κ3) is 3.33. The zero-order valence-corrected chi connectivity index (χ0v) is 10.6. The Morgan fingerprint density at radius 3 is 2.47 bits per heavy atom. The van der Waals surface area contributed by atoms with Crippen molar-refractivity contribution in [2.24, 2.45) is 5.73 Å². The average molecular weight is 257 g/mol. The molecule has 98 valence electrons. The van der Waals surface area contributed by atoms with E-state index in [0.29, 0.717) is 23.6 Å². The van der Waals surface area contributed by atoms with Crippen LogP contribution in [0.4, 0.5) is 0 Å². The molecule has 0 unspecified atom stereocenters. The van der Waals surface area contributed by atoms with E-state index in [2.05, 4.69) is 4.74 Å². The van der Waals surface area contributed by atoms with E-state index in [9.17, 15) is 4.79 Å². The van der Waals surface area contributed by atoms with Gasteiger partial charge in [0, 0.05) is 6.54 Å². The van der Waals surface area contributed by atoms with Crippen LogP contribution in [0.15, 0.2) is 48.5 Å². The lowest BCUT2D eigenvalue weighted by Crippen LogP contribution is -2.00. The van der Waals surface area contributed by atoms with Gasteiger partial charge in [-0.15, -0.1) is 0 Å². The molecular formula is C15H15NO3. The van der Waals surface area contributed by atoms with Crippen LogP contribution in [0.5, 0.6) is 11.5 Å². The van der Waals surface area contributed by atoms with Crippen molar-refractivity contribution in [1.82, 2.24) is 0 Å². The summed E-state index contributed by atoms with van der Waals surface area (Å²) in [5.41, 5.74) is 7.07. The summed E-state index contributed by atoms with van der Waals surface area (Å²) in [6.07, 6.45) is 0. The number of hydrogen-bond acceptors (Lipinski definition) is 4. The molecule has 0 aliphatic heterocycles. The predicted molar refractivity (Wildman–Crippen MR) is 72.2 cm³/mol. The maximum Gasteiger partial charge on any atom is 0.337 e. The van der Waals surface area contributed by atoms with Gasteiger partial charge >= 0.3 is 5.97 Å². The number of carbonyl (C=O) groups is 1. The number of hydrogen-bond donors (Lipinski definition) is 1. The smallest absolute Gasteiger partial charge is 0.337 e. The molecule has 0 aromatic heterocycles. The lowest BCUT2D eigenvalue weighted by molar-refractivity contribution is 0.0600. The molecule has 0 saturated carbocycles. The highest BCUT2D eigenvalue weighted by Gasteiger charge is 2.05. The Kier molecular flexibility index (Phi) is 4.15. The van der Waals surface area contributed by atoms with Crippen LogP contribution in [0, 0.1) is 0 Å². The molecule has 0 aliphatic carbocycles. The molecule has 0 bridgehead atoms. The number of benzene rings is 2. The molecular weight excluding hydrogens is 242 g/mol. The maximum atomic E-state index is 11.3. The molecule has 0 radical (unpaired) electrons. The minimum absolute atomic E-state index is 0.364. The van der Waals surface area contributed by atoms with E-state index >= 15 is 0 Å². The molecule has 4 heteroatoms. The summed E-state index contributed by atoms with van der Waals surface area (Å²) < 4.78 is 10.3. The van der Waals surface area contributed by atoms with Gasteiger partial charge in [-0.05, 0) is 42.0 Å². The van der Waals surface area contributed by atoms with Gasteiger partial charge in [-0.3, -0.25) is 0 Å². The fourth-order valence-corrected chi connectivity index (χ4v) is 1.65. The number of nitrogens with two attached hydrogens (primary N) is 1. The Balaban J connectivity index is 2.12. The highest BCUT2D eigenvalue weighted by atomic mass is 16.5. The first kappa shape index (κ1) is 13.1. The lowest BCUT2D eigenvalue weighted by atomic mass is 10.2. The normalized spacial score (nSPS) is 10.0. The first-order valence-corrected chi connectivity index (χ1v) is 5.88. The molecule has 0 atom stereocenters. The summed E-state index contributed by atoms with van der Waals surface area (Å²) in [5.74, 6) is 1.01. The number of esters is 1. The molecule has 2 aromatic carbocycles. The van der Waals surface area contributed by atoms with Crippen molar-refractivity contribution in [1.29, 1.82) is 0 Å². The van der Waals surface area contributed by atoms with Crippen LogP contribution in [0.25, 0.3) is 0 Å². The van der Waals surface area contributed by atoms with Gasteiger partial charge in [-0.2, -0.15) is 0 Å². The van der Waals surface area contributed by atoms with E-state index < -0.39 is 0 Å². The van der Waals surface area contributed by atoms with Crippen molar-refractivity contribution in [2.75, 3.05) is 7.11 Å². The van der Waals surface area contributed by atoms with Crippen molar-refractivity contribution in [3.8, 4) is 11.5 Å². The van der Waals surface area contributed by atoms with E-state index in [-0.39, 0.29) is 5.97 Å². The highest BCUT2D eigenvalue weighted by molar-refractivity contribution is 5.89. The van der Waals surface area contributed by atoms with Gasteiger partial charge in [0.25, 0.3) is 0 Å². The van der Waals surface area contributed by atoms with Gasteiger partial charge in [0.2, 0.25) is 0 Å². The highest BCUT2D eigenvalue weighted by Crippen LogP contribution is 2.22. The zero-order valence-electron chi connectivity index (χ0n) is 10.6. The molecule has 2 N–H and O–H groups in total. The summed E-state index contributed by atoms with van der Waals surface area (Å²) in [7, 11) is 1.35. The van der Waals surface area contributed by atoms with Crippen molar-refractivity contribution in [3.63, 3.8) is 0 Å². The summed E-state index contributed by atoms with van der Waals surface area (Å²) in [5, 5.41) is 0. The van der Waals surface area contributed by atoms with Gasteiger partial charge in [-0.25, -0.2) is 4.79 Å². The summed E-state index contributed by atoms with van der Waals surface area (Å²) in [6, 6.07) is 14.3. The van der Waals surface area contributed by atoms with Crippen molar-refractivity contribution in [2.45, 2.75) is 6.54 Å². The fraction of sp³-hybridized carbons (Fsp3) is 0.133. The van der Waals surface area contributed by atoms with Crippen LogP contribution >= 0.6 is 0 Å². The van der Waals surface area contributed by atoms with E-state index in [1.807, 2.05) is 24.3 Å². The quantitative estimate of drug-likeness (QED) is 0.855. The second-order valence-corrected chi connectivity index (χ2v) is 3.97. The standard InChI is InChI=1S/C15H15NO3/c1-18-15(17)12-5-7-13(8-6-12)19-14-4-2-3-11(9-14)10-16/h2-9H,10,16H2,1H3. The van der Waals surface area contributed by atoms with Gasteiger partial charge in [0.15, 0.2) is 0 Å². The topological polar surface area (TPSA) is 61.5 Å². The van der Waals surface area contributed by atoms with Gasteiger partial charge in [-0.1, -0.05) is 12.1 Å². The Morgan fingerprint density at radius 2 is 1.84 bits per heavy atom. The second kappa shape index (κ2) is 6.02. The molecule has 2 aromatic rings. The molecule has 0 saturated heterocycles. The maximum absolute atomic E-state index is 11.3. The summed E-state index contributed by atoms with van der Waals surface area (Å²) >= 11 is 0. The number of rotatable bonds is 4. The van der Waals surface area contributed by atoms with Crippen molar-refractivity contribution in [3.05, 3.63) is 59.7 Å². The van der Waals surface area contributed by atoms with Crippen molar-refractivity contribution < 1.29 is 14.3 Å². The van der Waals surface area contributed by atoms with E-state index in [1.165, 1.54) is 7.11 Å². The molecule has 0 heterocycles. The molecule has 2 rings (SSSR count). The molecule has 0 amide bonds. The Morgan fingerprint density at radius 1 is 1.11 bits per heavy atom. The molecule has 4 nitrogen and oxygen atoms in total. The fourth-order valence-electron chi connectivity index (χ4n) is 1.65. The zero-order chi connectivity index (χ0) is 13.7. The van der Waals surface area contributed by atoms with Gasteiger partial charge in [0.1, 0.15) is 11.5 Å². The average Bonchev–Trinajstić information content (AvgIpc) is 2.47. The van der Waals surface area contributed by atoms with E-state index in [0.717, 1.165) is 5.56 Å². The Bertz CT molecular complexity index is 564. The summed E-state index contributed by atoms with van der Waals surface area (Å²) in [4.78, 5) is 11.3. The number of methoxy groups -OCH3 is 1. The van der Waals surface area contributed by atoms with Gasteiger partial charge in [0.05, 0.1) is 12.7 Å². The number of carbonyl (C=O) groups excluding carboxylic acids is 1. The van der Waals surface area contributed by atoms with Crippen LogP contribution in [0.1, 0.15) is 15.9 Å². The molecule has 0 aliphatic rings. The van der Waals surface area contributed by atoms with E-state index in [4.69, 9.17) is 10.5 Å². The lowest BCUT2D eigenvalue weighted by Gasteiger charge is -2.07. The third-order valence-corrected chi connectivity index (χ3v) is 2.65. The third-order valence-electron chi connectivity index (χ3n) is 2.65. The monoisotopic (exact) mass is 257 g/mol. The van der Waals surface area contributed by atoms with Crippen LogP contribution in [0.2, 0.25) is 0 Å². The Labute approximate surface area is 111 Å². The minimum atomic E-state index is -0.364.